The number of aromatic nitrogens is 5. The highest BCUT2D eigenvalue weighted by Gasteiger charge is 2.46. The molecule has 1 aliphatic heterocycles. The van der Waals surface area contributed by atoms with Crippen LogP contribution in [0.25, 0.3) is 16.8 Å². The van der Waals surface area contributed by atoms with Gasteiger partial charge >= 0.3 is 5.97 Å². The van der Waals surface area contributed by atoms with Crippen molar-refractivity contribution in [1.82, 2.24) is 29.7 Å². The maximum absolute atomic E-state index is 16.0. The second kappa shape index (κ2) is 10.9. The lowest BCUT2D eigenvalue weighted by Gasteiger charge is -2.35. The largest absolute Gasteiger partial charge is 0.478 e. The molecule has 2 fully saturated rings. The lowest BCUT2D eigenvalue weighted by Crippen LogP contribution is -2.46. The van der Waals surface area contributed by atoms with E-state index in [4.69, 9.17) is 4.74 Å². The smallest absolute Gasteiger partial charge is 0.339 e. The fourth-order valence-corrected chi connectivity index (χ4v) is 5.96. The quantitative estimate of drug-likeness (QED) is 0.340. The standard InChI is InChI=1S/C30H31FN6O4/c1-35-16-26(33-34-35)23-14-24(23)28-25(30(39)40)15-32-37(28)19-9-5-7-18(13-19)21-10-6-11-22(27(21)31)29(38)36-12-4-3-8-20(36)17-41-2/h5-7,9-11,13,15-16,20,23-24H,3-4,8,12,14,17H2,1-2H3,(H,39,40). The van der Waals surface area contributed by atoms with Crippen LogP contribution in [0.1, 0.15) is 69.6 Å². The van der Waals surface area contributed by atoms with Gasteiger partial charge in [0.15, 0.2) is 0 Å². The summed E-state index contributed by atoms with van der Waals surface area (Å²) in [5.74, 6) is -2.04. The Hall–Kier alpha value is -4.38. The SMILES string of the molecule is COCC1CCCCN1C(=O)c1cccc(-c2cccc(-n3ncc(C(=O)O)c3C3CC3c3cn(C)nn3)c2)c1F. The lowest BCUT2D eigenvalue weighted by molar-refractivity contribution is 0.0424. The zero-order valence-corrected chi connectivity index (χ0v) is 22.9. The van der Waals surface area contributed by atoms with Crippen LogP contribution in [0, 0.1) is 5.82 Å². The average molecular weight is 559 g/mol. The Balaban J connectivity index is 1.34. The summed E-state index contributed by atoms with van der Waals surface area (Å²) in [6.45, 7) is 0.981. The number of rotatable bonds is 8. The number of piperidine rings is 1. The molecule has 0 bridgehead atoms. The van der Waals surface area contributed by atoms with Crippen molar-refractivity contribution in [1.29, 1.82) is 0 Å². The number of methoxy groups -OCH3 is 1. The van der Waals surface area contributed by atoms with E-state index in [0.29, 0.717) is 30.1 Å². The number of aromatic carboxylic acids is 1. The topological polar surface area (TPSA) is 115 Å². The van der Waals surface area contributed by atoms with Gasteiger partial charge in [-0.05, 0) is 49.4 Å². The van der Waals surface area contributed by atoms with Gasteiger partial charge in [0.05, 0.1) is 41.5 Å². The Morgan fingerprint density at radius 2 is 1.95 bits per heavy atom. The first kappa shape index (κ1) is 26.8. The van der Waals surface area contributed by atoms with Gasteiger partial charge in [-0.2, -0.15) is 5.10 Å². The second-order valence-corrected chi connectivity index (χ2v) is 10.7. The number of amides is 1. The van der Waals surface area contributed by atoms with Gasteiger partial charge in [-0.1, -0.05) is 29.5 Å². The van der Waals surface area contributed by atoms with Crippen molar-refractivity contribution in [3.63, 3.8) is 0 Å². The predicted molar refractivity (Wildman–Crippen MR) is 148 cm³/mol. The van der Waals surface area contributed by atoms with E-state index in [0.717, 1.165) is 31.4 Å². The van der Waals surface area contributed by atoms with E-state index in [9.17, 15) is 14.7 Å². The van der Waals surface area contributed by atoms with Crippen LogP contribution >= 0.6 is 0 Å². The molecule has 6 rings (SSSR count). The first-order chi connectivity index (χ1) is 19.9. The second-order valence-electron chi connectivity index (χ2n) is 10.7. The van der Waals surface area contributed by atoms with Crippen LogP contribution < -0.4 is 0 Å². The summed E-state index contributed by atoms with van der Waals surface area (Å²) < 4.78 is 24.5. The van der Waals surface area contributed by atoms with Gasteiger partial charge in [-0.15, -0.1) is 5.10 Å². The molecule has 0 spiro atoms. The first-order valence-corrected chi connectivity index (χ1v) is 13.7. The summed E-state index contributed by atoms with van der Waals surface area (Å²) >= 11 is 0. The minimum atomic E-state index is -1.06. The van der Waals surface area contributed by atoms with Crippen LogP contribution in [-0.4, -0.2) is 73.0 Å². The molecule has 10 nitrogen and oxygen atoms in total. The summed E-state index contributed by atoms with van der Waals surface area (Å²) in [6.07, 6.45) is 6.62. The normalized spacial score (nSPS) is 20.3. The third-order valence-corrected chi connectivity index (χ3v) is 8.06. The van der Waals surface area contributed by atoms with Gasteiger partial charge in [0.2, 0.25) is 0 Å². The Kier molecular flexibility index (Phi) is 7.12. The summed E-state index contributed by atoms with van der Waals surface area (Å²) in [6, 6.07) is 11.9. The summed E-state index contributed by atoms with van der Waals surface area (Å²) in [4.78, 5) is 27.3. The van der Waals surface area contributed by atoms with Crippen molar-refractivity contribution in [2.75, 3.05) is 20.3 Å². The predicted octanol–water partition coefficient (Wildman–Crippen LogP) is 4.42. The molecule has 1 saturated heterocycles. The number of benzene rings is 2. The van der Waals surface area contributed by atoms with Crippen LogP contribution in [0.3, 0.4) is 0 Å². The minimum absolute atomic E-state index is 0.0219. The van der Waals surface area contributed by atoms with Crippen LogP contribution in [-0.2, 0) is 11.8 Å². The molecule has 41 heavy (non-hydrogen) atoms. The number of aryl methyl sites for hydroxylation is 1. The van der Waals surface area contributed by atoms with Gasteiger partial charge in [-0.25, -0.2) is 13.9 Å². The monoisotopic (exact) mass is 558 g/mol. The Morgan fingerprint density at radius 1 is 1.12 bits per heavy atom. The molecule has 3 heterocycles. The van der Waals surface area contributed by atoms with E-state index in [-0.39, 0.29) is 40.5 Å². The van der Waals surface area contributed by atoms with E-state index in [1.807, 2.05) is 6.20 Å². The first-order valence-electron chi connectivity index (χ1n) is 13.7. The number of likely N-dealkylation sites (tertiary alicyclic amines) is 1. The van der Waals surface area contributed by atoms with E-state index >= 15 is 4.39 Å². The molecular formula is C30H31FN6O4. The van der Waals surface area contributed by atoms with Gasteiger partial charge in [0.1, 0.15) is 11.4 Å². The summed E-state index contributed by atoms with van der Waals surface area (Å²) in [5.41, 5.74) is 2.97. The van der Waals surface area contributed by atoms with Crippen LogP contribution in [0.15, 0.2) is 54.9 Å². The summed E-state index contributed by atoms with van der Waals surface area (Å²) in [7, 11) is 3.40. The number of ether oxygens (including phenoxy) is 1. The average Bonchev–Trinajstić information content (AvgIpc) is 3.42. The van der Waals surface area contributed by atoms with Crippen molar-refractivity contribution >= 4 is 11.9 Å². The molecule has 3 atom stereocenters. The third-order valence-electron chi connectivity index (χ3n) is 8.06. The molecule has 212 valence electrons. The van der Waals surface area contributed by atoms with Crippen molar-refractivity contribution in [3.05, 3.63) is 83.2 Å². The molecule has 1 saturated carbocycles. The number of halogens is 1. The number of carboxylic acids is 1. The van der Waals surface area contributed by atoms with Crippen molar-refractivity contribution in [2.24, 2.45) is 7.05 Å². The van der Waals surface area contributed by atoms with Gasteiger partial charge < -0.3 is 14.7 Å². The highest BCUT2D eigenvalue weighted by Crippen LogP contribution is 2.55. The van der Waals surface area contributed by atoms with E-state index in [1.54, 1.807) is 64.8 Å². The molecule has 0 radical (unpaired) electrons. The van der Waals surface area contributed by atoms with Crippen LogP contribution in [0.5, 0.6) is 0 Å². The van der Waals surface area contributed by atoms with E-state index in [2.05, 4.69) is 15.4 Å². The van der Waals surface area contributed by atoms with E-state index < -0.39 is 11.8 Å². The van der Waals surface area contributed by atoms with Crippen molar-refractivity contribution in [2.45, 2.75) is 43.6 Å². The molecule has 1 amide bonds. The number of carbonyl (C=O) groups is 2. The number of carbonyl (C=O) groups excluding carboxylic acids is 1. The van der Waals surface area contributed by atoms with Crippen LogP contribution in [0.2, 0.25) is 0 Å². The molecule has 1 aliphatic carbocycles. The van der Waals surface area contributed by atoms with Gasteiger partial charge in [-0.3, -0.25) is 9.48 Å². The Bertz CT molecular complexity index is 1610. The molecular weight excluding hydrogens is 527 g/mol. The lowest BCUT2D eigenvalue weighted by atomic mass is 9.98. The fraction of sp³-hybridized carbons (Fsp3) is 0.367. The highest BCUT2D eigenvalue weighted by atomic mass is 19.1. The van der Waals surface area contributed by atoms with E-state index in [1.165, 1.54) is 12.3 Å². The molecule has 2 aromatic carbocycles. The molecule has 3 unspecified atom stereocenters. The zero-order valence-electron chi connectivity index (χ0n) is 22.9. The molecule has 11 heteroatoms. The maximum atomic E-state index is 16.0. The number of hydrogen-bond donors (Lipinski definition) is 1. The van der Waals surface area contributed by atoms with Crippen molar-refractivity contribution < 1.29 is 23.8 Å². The minimum Gasteiger partial charge on any atom is -0.478 e. The summed E-state index contributed by atoms with van der Waals surface area (Å²) in [5, 5.41) is 22.5. The molecule has 1 N–H and O–H groups in total. The third kappa shape index (κ3) is 5.01. The number of carboxylic acid groups (broad SMARTS) is 1. The molecule has 2 aliphatic rings. The number of hydrogen-bond acceptors (Lipinski definition) is 6. The fourth-order valence-electron chi connectivity index (χ4n) is 5.96. The highest BCUT2D eigenvalue weighted by molar-refractivity contribution is 5.96. The van der Waals surface area contributed by atoms with Gasteiger partial charge in [0.25, 0.3) is 5.91 Å². The Morgan fingerprint density at radius 3 is 2.71 bits per heavy atom. The zero-order chi connectivity index (χ0) is 28.7. The maximum Gasteiger partial charge on any atom is 0.339 e. The van der Waals surface area contributed by atoms with Crippen molar-refractivity contribution in [3.8, 4) is 16.8 Å². The number of nitrogens with zero attached hydrogens (tertiary/aromatic N) is 6. The molecule has 4 aromatic rings. The van der Waals surface area contributed by atoms with Gasteiger partial charge in [0, 0.05) is 44.3 Å². The Labute approximate surface area is 236 Å². The van der Waals surface area contributed by atoms with Crippen LogP contribution in [0.4, 0.5) is 4.39 Å². The molecule has 2 aromatic heterocycles.